The van der Waals surface area contributed by atoms with E-state index >= 15 is 0 Å². The number of aryl methyl sites for hydroxylation is 1. The third-order valence-corrected chi connectivity index (χ3v) is 5.57. The largest absolute Gasteiger partial charge is 0.333 e. The third kappa shape index (κ3) is 4.80. The van der Waals surface area contributed by atoms with Gasteiger partial charge in [0.15, 0.2) is 0 Å². The van der Waals surface area contributed by atoms with Gasteiger partial charge in [0, 0.05) is 25.5 Å². The van der Waals surface area contributed by atoms with E-state index < -0.39 is 10.0 Å². The molecule has 3 aromatic rings. The predicted molar refractivity (Wildman–Crippen MR) is 102 cm³/mol. The van der Waals surface area contributed by atoms with Crippen molar-refractivity contribution >= 4 is 10.0 Å². The molecule has 26 heavy (non-hydrogen) atoms. The fourth-order valence-electron chi connectivity index (χ4n) is 2.81. The van der Waals surface area contributed by atoms with Crippen molar-refractivity contribution in [2.75, 3.05) is 0 Å². The molecule has 0 saturated carbocycles. The first-order valence-electron chi connectivity index (χ1n) is 8.69. The van der Waals surface area contributed by atoms with E-state index in [0.717, 1.165) is 29.5 Å². The van der Waals surface area contributed by atoms with Crippen LogP contribution in [-0.2, 0) is 29.5 Å². The smallest absolute Gasteiger partial charge is 0.240 e. The van der Waals surface area contributed by atoms with Crippen LogP contribution in [-0.4, -0.2) is 18.0 Å². The van der Waals surface area contributed by atoms with Crippen LogP contribution in [0.1, 0.15) is 30.0 Å². The Labute approximate surface area is 154 Å². The molecule has 0 saturated heterocycles. The summed E-state index contributed by atoms with van der Waals surface area (Å²) in [5.41, 5.74) is 3.18. The summed E-state index contributed by atoms with van der Waals surface area (Å²) in [6.45, 7) is 3.07. The number of sulfonamides is 1. The van der Waals surface area contributed by atoms with Crippen LogP contribution in [0.15, 0.2) is 72.1 Å². The second-order valence-electron chi connectivity index (χ2n) is 6.27. The van der Waals surface area contributed by atoms with Crippen LogP contribution >= 0.6 is 0 Å². The van der Waals surface area contributed by atoms with Crippen molar-refractivity contribution in [2.24, 2.45) is 0 Å². The van der Waals surface area contributed by atoms with E-state index in [-0.39, 0.29) is 6.54 Å². The monoisotopic (exact) mass is 369 g/mol. The van der Waals surface area contributed by atoms with Crippen LogP contribution in [0.3, 0.4) is 0 Å². The fraction of sp³-hybridized carbons (Fsp3) is 0.250. The molecule has 1 heterocycles. The minimum atomic E-state index is -3.52. The van der Waals surface area contributed by atoms with Crippen LogP contribution in [0.25, 0.3) is 0 Å². The maximum atomic E-state index is 12.5. The van der Waals surface area contributed by atoms with Gasteiger partial charge in [-0.25, -0.2) is 18.1 Å². The van der Waals surface area contributed by atoms with Crippen molar-refractivity contribution in [3.8, 4) is 0 Å². The number of nitrogens with one attached hydrogen (secondary N) is 1. The van der Waals surface area contributed by atoms with Gasteiger partial charge in [-0.05, 0) is 35.2 Å². The molecule has 0 atom stereocenters. The van der Waals surface area contributed by atoms with Crippen LogP contribution in [0.2, 0.25) is 0 Å². The minimum absolute atomic E-state index is 0.261. The zero-order valence-corrected chi connectivity index (χ0v) is 15.6. The van der Waals surface area contributed by atoms with E-state index in [1.165, 1.54) is 0 Å². The second kappa shape index (κ2) is 8.29. The third-order valence-electron chi connectivity index (χ3n) is 4.15. The number of aromatic nitrogens is 2. The van der Waals surface area contributed by atoms with Crippen LogP contribution < -0.4 is 4.72 Å². The molecule has 0 radical (unpaired) electrons. The molecule has 1 N–H and O–H groups in total. The van der Waals surface area contributed by atoms with Gasteiger partial charge in [0.2, 0.25) is 10.0 Å². The van der Waals surface area contributed by atoms with Crippen molar-refractivity contribution in [1.82, 2.24) is 14.3 Å². The van der Waals surface area contributed by atoms with E-state index in [9.17, 15) is 8.42 Å². The minimum Gasteiger partial charge on any atom is -0.333 e. The molecule has 1 aromatic heterocycles. The molecule has 136 valence electrons. The summed E-state index contributed by atoms with van der Waals surface area (Å²) in [6.07, 6.45) is 7.40. The number of benzene rings is 2. The zero-order valence-electron chi connectivity index (χ0n) is 14.8. The zero-order chi connectivity index (χ0) is 18.4. The Morgan fingerprint density at radius 3 is 2.50 bits per heavy atom. The number of hydrogen-bond donors (Lipinski definition) is 1. The van der Waals surface area contributed by atoms with Crippen LogP contribution in [0, 0.1) is 0 Å². The Hall–Kier alpha value is -2.44. The lowest BCUT2D eigenvalue weighted by Gasteiger charge is -2.09. The summed E-state index contributed by atoms with van der Waals surface area (Å²) in [7, 11) is -3.52. The molecule has 0 fully saturated rings. The maximum absolute atomic E-state index is 12.5. The van der Waals surface area contributed by atoms with Gasteiger partial charge in [0.25, 0.3) is 0 Å². The Morgan fingerprint density at radius 2 is 1.81 bits per heavy atom. The summed E-state index contributed by atoms with van der Waals surface area (Å²) < 4.78 is 29.6. The molecule has 0 aliphatic heterocycles. The van der Waals surface area contributed by atoms with Gasteiger partial charge in [-0.3, -0.25) is 0 Å². The first-order valence-corrected chi connectivity index (χ1v) is 10.2. The number of hydrogen-bond acceptors (Lipinski definition) is 3. The quantitative estimate of drug-likeness (QED) is 0.662. The highest BCUT2D eigenvalue weighted by molar-refractivity contribution is 7.89. The molecule has 0 aliphatic carbocycles. The average Bonchev–Trinajstić information content (AvgIpc) is 3.14. The summed E-state index contributed by atoms with van der Waals surface area (Å²) >= 11 is 0. The van der Waals surface area contributed by atoms with Gasteiger partial charge in [-0.2, -0.15) is 0 Å². The molecular weight excluding hydrogens is 346 g/mol. The lowest BCUT2D eigenvalue weighted by atomic mass is 10.1. The molecule has 2 aromatic carbocycles. The molecular formula is C20H23N3O2S. The van der Waals surface area contributed by atoms with Crippen molar-refractivity contribution in [1.29, 1.82) is 0 Å². The summed E-state index contributed by atoms with van der Waals surface area (Å²) in [5, 5.41) is 0. The topological polar surface area (TPSA) is 64.0 Å². The first-order chi connectivity index (χ1) is 12.6. The molecule has 0 amide bonds. The SMILES string of the molecule is CCCc1ccc(S(=O)(=O)NCc2cccc(Cn3ccnc3)c2)cc1. The lowest BCUT2D eigenvalue weighted by Crippen LogP contribution is -2.23. The Morgan fingerprint density at radius 1 is 1.04 bits per heavy atom. The fourth-order valence-corrected chi connectivity index (χ4v) is 3.83. The highest BCUT2D eigenvalue weighted by Gasteiger charge is 2.13. The van der Waals surface area contributed by atoms with Crippen molar-refractivity contribution in [2.45, 2.75) is 37.8 Å². The molecule has 5 nitrogen and oxygen atoms in total. The maximum Gasteiger partial charge on any atom is 0.240 e. The van der Waals surface area contributed by atoms with Gasteiger partial charge in [0.05, 0.1) is 11.2 Å². The van der Waals surface area contributed by atoms with E-state index in [0.29, 0.717) is 11.4 Å². The van der Waals surface area contributed by atoms with Crippen LogP contribution in [0.5, 0.6) is 0 Å². The Kier molecular flexibility index (Phi) is 5.85. The number of imidazole rings is 1. The molecule has 0 unspecified atom stereocenters. The average molecular weight is 369 g/mol. The molecule has 0 spiro atoms. The summed E-state index contributed by atoms with van der Waals surface area (Å²) in [4.78, 5) is 4.33. The van der Waals surface area contributed by atoms with E-state index in [4.69, 9.17) is 0 Å². The van der Waals surface area contributed by atoms with Gasteiger partial charge in [-0.15, -0.1) is 0 Å². The van der Waals surface area contributed by atoms with Gasteiger partial charge in [0.1, 0.15) is 0 Å². The Balaban J connectivity index is 1.65. The lowest BCUT2D eigenvalue weighted by molar-refractivity contribution is 0.581. The first kappa shape index (κ1) is 18.4. The van der Waals surface area contributed by atoms with Crippen LogP contribution in [0.4, 0.5) is 0 Å². The van der Waals surface area contributed by atoms with Crippen molar-refractivity contribution < 1.29 is 8.42 Å². The molecule has 0 bridgehead atoms. The van der Waals surface area contributed by atoms with Gasteiger partial charge >= 0.3 is 0 Å². The highest BCUT2D eigenvalue weighted by atomic mass is 32.2. The highest BCUT2D eigenvalue weighted by Crippen LogP contribution is 2.13. The van der Waals surface area contributed by atoms with E-state index in [1.54, 1.807) is 24.7 Å². The van der Waals surface area contributed by atoms with Crippen molar-refractivity contribution in [3.63, 3.8) is 0 Å². The number of rotatable bonds is 8. The van der Waals surface area contributed by atoms with E-state index in [2.05, 4.69) is 16.6 Å². The van der Waals surface area contributed by atoms with Gasteiger partial charge in [-0.1, -0.05) is 49.7 Å². The predicted octanol–water partition coefficient (Wildman–Crippen LogP) is 3.36. The molecule has 3 rings (SSSR count). The number of nitrogens with zero attached hydrogens (tertiary/aromatic N) is 2. The Bertz CT molecular complexity index is 933. The summed E-state index contributed by atoms with van der Waals surface area (Å²) in [5.74, 6) is 0. The van der Waals surface area contributed by atoms with E-state index in [1.807, 2.05) is 47.2 Å². The molecule has 0 aliphatic rings. The molecule has 6 heteroatoms. The second-order valence-corrected chi connectivity index (χ2v) is 8.04. The van der Waals surface area contributed by atoms with Crippen molar-refractivity contribution in [3.05, 3.63) is 83.9 Å². The standard InChI is InChI=1S/C20H23N3O2S/c1-2-4-17-7-9-20(10-8-17)26(24,25)22-14-18-5-3-6-19(13-18)15-23-12-11-21-16-23/h3,5-13,16,22H,2,4,14-15H2,1H3. The normalized spacial score (nSPS) is 11.6. The van der Waals surface area contributed by atoms with Gasteiger partial charge < -0.3 is 4.57 Å². The summed E-state index contributed by atoms with van der Waals surface area (Å²) in [6, 6.07) is 15.0.